The van der Waals surface area contributed by atoms with Crippen LogP contribution in [0.25, 0.3) is 0 Å². The number of carbonyl (C=O) groups excluding carboxylic acids is 1. The normalized spacial score (nSPS) is 30.5. The summed E-state index contributed by atoms with van der Waals surface area (Å²) in [6, 6.07) is 0.421. The average molecular weight is 239 g/mol. The summed E-state index contributed by atoms with van der Waals surface area (Å²) in [6.45, 7) is 14.1. The van der Waals surface area contributed by atoms with Crippen LogP contribution < -0.4 is 0 Å². The molecule has 1 amide bonds. The van der Waals surface area contributed by atoms with E-state index >= 15 is 0 Å². The SMILES string of the molecule is CCC1CC(C)N(CC(C)C)C(=O)C1C(C)C. The van der Waals surface area contributed by atoms with Crippen molar-refractivity contribution < 1.29 is 4.79 Å². The van der Waals surface area contributed by atoms with E-state index in [4.69, 9.17) is 0 Å². The fourth-order valence-electron chi connectivity index (χ4n) is 3.24. The summed E-state index contributed by atoms with van der Waals surface area (Å²) in [6.07, 6.45) is 2.31. The van der Waals surface area contributed by atoms with Crippen molar-refractivity contribution in [3.63, 3.8) is 0 Å². The Hall–Kier alpha value is -0.530. The first-order valence-electron chi connectivity index (χ1n) is 7.18. The number of rotatable bonds is 4. The molecule has 17 heavy (non-hydrogen) atoms. The van der Waals surface area contributed by atoms with Crippen LogP contribution in [-0.2, 0) is 4.79 Å². The van der Waals surface area contributed by atoms with Gasteiger partial charge in [-0.05, 0) is 31.1 Å². The van der Waals surface area contributed by atoms with Gasteiger partial charge in [0.15, 0.2) is 0 Å². The van der Waals surface area contributed by atoms with Crippen LogP contribution in [0.3, 0.4) is 0 Å². The zero-order valence-electron chi connectivity index (χ0n) is 12.4. The molecule has 1 rings (SSSR count). The van der Waals surface area contributed by atoms with E-state index < -0.39 is 0 Å². The van der Waals surface area contributed by atoms with Gasteiger partial charge >= 0.3 is 0 Å². The van der Waals surface area contributed by atoms with Crippen LogP contribution in [0.5, 0.6) is 0 Å². The molecule has 0 aliphatic carbocycles. The fourth-order valence-corrected chi connectivity index (χ4v) is 3.24. The van der Waals surface area contributed by atoms with Gasteiger partial charge in [-0.25, -0.2) is 0 Å². The van der Waals surface area contributed by atoms with E-state index in [0.717, 1.165) is 13.0 Å². The Kier molecular flexibility index (Phi) is 5.03. The van der Waals surface area contributed by atoms with Crippen LogP contribution in [0.1, 0.15) is 54.4 Å². The van der Waals surface area contributed by atoms with E-state index in [0.29, 0.717) is 29.7 Å². The lowest BCUT2D eigenvalue weighted by Crippen LogP contribution is -2.52. The van der Waals surface area contributed by atoms with Crippen LogP contribution in [0.15, 0.2) is 0 Å². The van der Waals surface area contributed by atoms with Crippen LogP contribution in [0.2, 0.25) is 0 Å². The molecule has 0 spiro atoms. The fraction of sp³-hybridized carbons (Fsp3) is 0.933. The van der Waals surface area contributed by atoms with Crippen LogP contribution in [0, 0.1) is 23.7 Å². The second kappa shape index (κ2) is 5.88. The second-order valence-electron chi connectivity index (χ2n) is 6.41. The van der Waals surface area contributed by atoms with E-state index in [1.54, 1.807) is 0 Å². The molecule has 100 valence electrons. The average Bonchev–Trinajstić information content (AvgIpc) is 2.22. The molecule has 2 nitrogen and oxygen atoms in total. The minimum Gasteiger partial charge on any atom is -0.339 e. The van der Waals surface area contributed by atoms with E-state index in [-0.39, 0.29) is 5.92 Å². The van der Waals surface area contributed by atoms with Crippen molar-refractivity contribution in [1.82, 2.24) is 4.90 Å². The minimum atomic E-state index is 0.245. The molecule has 1 fully saturated rings. The molecule has 0 bridgehead atoms. The molecular weight excluding hydrogens is 210 g/mol. The third kappa shape index (κ3) is 3.23. The minimum absolute atomic E-state index is 0.245. The highest BCUT2D eigenvalue weighted by molar-refractivity contribution is 5.80. The summed E-state index contributed by atoms with van der Waals surface area (Å²) in [5.74, 6) is 2.26. The lowest BCUT2D eigenvalue weighted by atomic mass is 9.74. The Morgan fingerprint density at radius 2 is 1.88 bits per heavy atom. The number of hydrogen-bond acceptors (Lipinski definition) is 1. The molecule has 1 aliphatic heterocycles. The van der Waals surface area contributed by atoms with E-state index in [9.17, 15) is 4.79 Å². The molecule has 3 atom stereocenters. The van der Waals surface area contributed by atoms with Crippen molar-refractivity contribution in [3.8, 4) is 0 Å². The number of likely N-dealkylation sites (tertiary alicyclic amines) is 1. The largest absolute Gasteiger partial charge is 0.339 e. The van der Waals surface area contributed by atoms with E-state index in [1.807, 2.05) is 0 Å². The highest BCUT2D eigenvalue weighted by Crippen LogP contribution is 2.35. The third-order valence-electron chi connectivity index (χ3n) is 4.06. The van der Waals surface area contributed by atoms with Crippen molar-refractivity contribution in [2.45, 2.75) is 60.4 Å². The van der Waals surface area contributed by atoms with Gasteiger partial charge < -0.3 is 4.90 Å². The van der Waals surface area contributed by atoms with Crippen LogP contribution >= 0.6 is 0 Å². The van der Waals surface area contributed by atoms with Gasteiger partial charge in [0.05, 0.1) is 0 Å². The maximum Gasteiger partial charge on any atom is 0.226 e. The predicted octanol–water partition coefficient (Wildman–Crippen LogP) is 3.56. The lowest BCUT2D eigenvalue weighted by molar-refractivity contribution is -0.147. The Balaban J connectivity index is 2.86. The zero-order valence-corrected chi connectivity index (χ0v) is 12.4. The van der Waals surface area contributed by atoms with Gasteiger partial charge in [0, 0.05) is 18.5 Å². The molecule has 0 radical (unpaired) electrons. The number of piperidine rings is 1. The topological polar surface area (TPSA) is 20.3 Å². The molecule has 1 heterocycles. The van der Waals surface area contributed by atoms with Crippen molar-refractivity contribution >= 4 is 5.91 Å². The number of hydrogen-bond donors (Lipinski definition) is 0. The highest BCUT2D eigenvalue weighted by Gasteiger charge is 2.40. The number of amides is 1. The molecule has 3 unspecified atom stereocenters. The lowest BCUT2D eigenvalue weighted by Gasteiger charge is -2.44. The van der Waals surface area contributed by atoms with Crippen molar-refractivity contribution in [3.05, 3.63) is 0 Å². The number of nitrogens with zero attached hydrogens (tertiary/aromatic N) is 1. The Morgan fingerprint density at radius 1 is 1.29 bits per heavy atom. The van der Waals surface area contributed by atoms with E-state index in [2.05, 4.69) is 46.4 Å². The van der Waals surface area contributed by atoms with Gasteiger partial charge in [-0.15, -0.1) is 0 Å². The van der Waals surface area contributed by atoms with E-state index in [1.165, 1.54) is 6.42 Å². The predicted molar refractivity (Wildman–Crippen MR) is 72.7 cm³/mol. The molecular formula is C15H29NO. The van der Waals surface area contributed by atoms with Gasteiger partial charge in [0.1, 0.15) is 0 Å². The number of carbonyl (C=O) groups is 1. The Bertz CT molecular complexity index is 260. The van der Waals surface area contributed by atoms with Crippen molar-refractivity contribution in [1.29, 1.82) is 0 Å². The van der Waals surface area contributed by atoms with Gasteiger partial charge in [0.2, 0.25) is 5.91 Å². The van der Waals surface area contributed by atoms with Gasteiger partial charge in [-0.1, -0.05) is 41.0 Å². The van der Waals surface area contributed by atoms with Crippen molar-refractivity contribution in [2.24, 2.45) is 23.7 Å². The molecule has 0 saturated carbocycles. The standard InChI is InChI=1S/C15H29NO/c1-7-13-8-12(6)16(9-10(2)3)15(17)14(13)11(4)5/h10-14H,7-9H2,1-6H3. The first-order valence-corrected chi connectivity index (χ1v) is 7.18. The summed E-state index contributed by atoms with van der Waals surface area (Å²) >= 11 is 0. The molecule has 1 aliphatic rings. The maximum absolute atomic E-state index is 12.6. The molecule has 0 N–H and O–H groups in total. The first kappa shape index (κ1) is 14.5. The Morgan fingerprint density at radius 3 is 2.29 bits per heavy atom. The monoisotopic (exact) mass is 239 g/mol. The van der Waals surface area contributed by atoms with Crippen molar-refractivity contribution in [2.75, 3.05) is 6.54 Å². The summed E-state index contributed by atoms with van der Waals surface area (Å²) in [5, 5.41) is 0. The second-order valence-corrected chi connectivity index (χ2v) is 6.41. The summed E-state index contributed by atoms with van der Waals surface area (Å²) in [7, 11) is 0. The summed E-state index contributed by atoms with van der Waals surface area (Å²) in [5.41, 5.74) is 0. The van der Waals surface area contributed by atoms with Gasteiger partial charge in [-0.3, -0.25) is 4.79 Å². The van der Waals surface area contributed by atoms with Gasteiger partial charge in [-0.2, -0.15) is 0 Å². The molecule has 0 aromatic heterocycles. The van der Waals surface area contributed by atoms with Gasteiger partial charge in [0.25, 0.3) is 0 Å². The molecule has 2 heteroatoms. The first-order chi connectivity index (χ1) is 7.88. The van der Waals surface area contributed by atoms with Crippen LogP contribution in [-0.4, -0.2) is 23.4 Å². The smallest absolute Gasteiger partial charge is 0.226 e. The quantitative estimate of drug-likeness (QED) is 0.734. The highest BCUT2D eigenvalue weighted by atomic mass is 16.2. The molecule has 0 aromatic carbocycles. The molecule has 0 aromatic rings. The Labute approximate surface area is 107 Å². The summed E-state index contributed by atoms with van der Waals surface area (Å²) < 4.78 is 0. The summed E-state index contributed by atoms with van der Waals surface area (Å²) in [4.78, 5) is 14.7. The molecule has 1 saturated heterocycles. The third-order valence-corrected chi connectivity index (χ3v) is 4.06. The zero-order chi connectivity index (χ0) is 13.2. The van der Waals surface area contributed by atoms with Crippen LogP contribution in [0.4, 0.5) is 0 Å². The maximum atomic E-state index is 12.6.